The SMILES string of the molecule is CC(C)c1cc(C(=O)N[C@H]2COc3ccccc3C2)no1. The number of nitrogens with zero attached hydrogens (tertiary/aromatic N) is 1. The number of nitrogens with one attached hydrogen (secondary N) is 1. The van der Waals surface area contributed by atoms with Crippen LogP contribution in [0.4, 0.5) is 0 Å². The zero-order valence-corrected chi connectivity index (χ0v) is 12.1. The van der Waals surface area contributed by atoms with Gasteiger partial charge >= 0.3 is 0 Å². The fourth-order valence-corrected chi connectivity index (χ4v) is 2.35. The van der Waals surface area contributed by atoms with E-state index in [1.165, 1.54) is 0 Å². The van der Waals surface area contributed by atoms with Crippen LogP contribution >= 0.6 is 0 Å². The largest absolute Gasteiger partial charge is 0.491 e. The van der Waals surface area contributed by atoms with E-state index in [1.54, 1.807) is 6.07 Å². The third-order valence-corrected chi connectivity index (χ3v) is 3.54. The Bertz CT molecular complexity index is 648. The zero-order valence-electron chi connectivity index (χ0n) is 12.1. The quantitative estimate of drug-likeness (QED) is 0.941. The van der Waals surface area contributed by atoms with Crippen molar-refractivity contribution in [1.82, 2.24) is 10.5 Å². The first-order valence-electron chi connectivity index (χ1n) is 7.11. The van der Waals surface area contributed by atoms with Crippen LogP contribution in [0.2, 0.25) is 0 Å². The molecule has 1 aromatic heterocycles. The lowest BCUT2D eigenvalue weighted by Gasteiger charge is -2.25. The Morgan fingerprint density at radius 2 is 2.19 bits per heavy atom. The number of amides is 1. The number of carbonyl (C=O) groups excluding carboxylic acids is 1. The van der Waals surface area contributed by atoms with E-state index in [0.717, 1.165) is 17.7 Å². The van der Waals surface area contributed by atoms with Gasteiger partial charge < -0.3 is 14.6 Å². The fourth-order valence-electron chi connectivity index (χ4n) is 2.35. The van der Waals surface area contributed by atoms with Crippen LogP contribution in [-0.4, -0.2) is 23.7 Å². The molecule has 110 valence electrons. The highest BCUT2D eigenvalue weighted by atomic mass is 16.5. The Hall–Kier alpha value is -2.30. The minimum Gasteiger partial charge on any atom is -0.491 e. The van der Waals surface area contributed by atoms with Crippen molar-refractivity contribution in [2.75, 3.05) is 6.61 Å². The summed E-state index contributed by atoms with van der Waals surface area (Å²) in [4.78, 5) is 12.2. The summed E-state index contributed by atoms with van der Waals surface area (Å²) >= 11 is 0. The van der Waals surface area contributed by atoms with E-state index >= 15 is 0 Å². The van der Waals surface area contributed by atoms with E-state index in [-0.39, 0.29) is 17.9 Å². The first kappa shape index (κ1) is 13.7. The smallest absolute Gasteiger partial charge is 0.273 e. The second kappa shape index (κ2) is 5.60. The van der Waals surface area contributed by atoms with Crippen LogP contribution in [0.15, 0.2) is 34.9 Å². The molecule has 21 heavy (non-hydrogen) atoms. The van der Waals surface area contributed by atoms with E-state index in [2.05, 4.69) is 10.5 Å². The minimum absolute atomic E-state index is 0.0494. The summed E-state index contributed by atoms with van der Waals surface area (Å²) in [7, 11) is 0. The van der Waals surface area contributed by atoms with E-state index < -0.39 is 0 Å². The second-order valence-electron chi connectivity index (χ2n) is 5.56. The molecule has 0 radical (unpaired) electrons. The van der Waals surface area contributed by atoms with Crippen molar-refractivity contribution in [2.24, 2.45) is 0 Å². The molecule has 1 aliphatic rings. The van der Waals surface area contributed by atoms with Crippen LogP contribution in [0.3, 0.4) is 0 Å². The first-order chi connectivity index (χ1) is 10.1. The van der Waals surface area contributed by atoms with Crippen molar-refractivity contribution < 1.29 is 14.1 Å². The molecule has 2 aromatic rings. The Kier molecular flexibility index (Phi) is 3.64. The molecule has 3 rings (SSSR count). The summed E-state index contributed by atoms with van der Waals surface area (Å²) in [5.74, 6) is 1.60. The molecule has 1 atom stereocenters. The Morgan fingerprint density at radius 3 is 2.95 bits per heavy atom. The van der Waals surface area contributed by atoms with Crippen LogP contribution in [0.1, 0.15) is 41.6 Å². The van der Waals surface area contributed by atoms with E-state index in [0.29, 0.717) is 18.1 Å². The number of hydrogen-bond acceptors (Lipinski definition) is 4. The number of hydrogen-bond donors (Lipinski definition) is 1. The van der Waals surface area contributed by atoms with Crippen LogP contribution in [-0.2, 0) is 6.42 Å². The van der Waals surface area contributed by atoms with Gasteiger partial charge in [-0.15, -0.1) is 0 Å². The highest BCUT2D eigenvalue weighted by molar-refractivity contribution is 5.92. The predicted molar refractivity (Wildman–Crippen MR) is 77.5 cm³/mol. The lowest BCUT2D eigenvalue weighted by atomic mass is 10.0. The van der Waals surface area contributed by atoms with Crippen molar-refractivity contribution in [2.45, 2.75) is 32.2 Å². The Morgan fingerprint density at radius 1 is 1.38 bits per heavy atom. The molecule has 0 bridgehead atoms. The summed E-state index contributed by atoms with van der Waals surface area (Å²) in [5.41, 5.74) is 1.43. The van der Waals surface area contributed by atoms with Gasteiger partial charge in [0, 0.05) is 12.0 Å². The first-order valence-corrected chi connectivity index (χ1v) is 7.11. The molecule has 1 aliphatic heterocycles. The molecule has 0 aliphatic carbocycles. The molecular formula is C16H18N2O3. The highest BCUT2D eigenvalue weighted by Crippen LogP contribution is 2.24. The maximum absolute atomic E-state index is 12.2. The lowest BCUT2D eigenvalue weighted by Crippen LogP contribution is -2.42. The van der Waals surface area contributed by atoms with Gasteiger partial charge in [0.2, 0.25) is 0 Å². The molecule has 0 saturated carbocycles. The minimum atomic E-state index is -0.223. The van der Waals surface area contributed by atoms with Gasteiger partial charge in [0.25, 0.3) is 5.91 Å². The van der Waals surface area contributed by atoms with Gasteiger partial charge in [-0.3, -0.25) is 4.79 Å². The predicted octanol–water partition coefficient (Wildman–Crippen LogP) is 2.53. The Labute approximate surface area is 123 Å². The maximum atomic E-state index is 12.2. The molecule has 0 saturated heterocycles. The van der Waals surface area contributed by atoms with E-state index in [4.69, 9.17) is 9.26 Å². The zero-order chi connectivity index (χ0) is 14.8. The Balaban J connectivity index is 1.66. The molecule has 5 nitrogen and oxygen atoms in total. The second-order valence-corrected chi connectivity index (χ2v) is 5.56. The summed E-state index contributed by atoms with van der Waals surface area (Å²) < 4.78 is 10.8. The number of para-hydroxylation sites is 1. The fraction of sp³-hybridized carbons (Fsp3) is 0.375. The van der Waals surface area contributed by atoms with Crippen LogP contribution in [0, 0.1) is 0 Å². The van der Waals surface area contributed by atoms with Gasteiger partial charge in [-0.25, -0.2) is 0 Å². The maximum Gasteiger partial charge on any atom is 0.273 e. The lowest BCUT2D eigenvalue weighted by molar-refractivity contribution is 0.0906. The van der Waals surface area contributed by atoms with Gasteiger partial charge in [-0.1, -0.05) is 37.2 Å². The normalized spacial score (nSPS) is 17.2. The van der Waals surface area contributed by atoms with Crippen molar-refractivity contribution in [3.8, 4) is 5.75 Å². The average molecular weight is 286 g/mol. The number of carbonyl (C=O) groups is 1. The third kappa shape index (κ3) is 2.91. The van der Waals surface area contributed by atoms with Crippen LogP contribution in [0.5, 0.6) is 5.75 Å². The number of rotatable bonds is 3. The summed E-state index contributed by atoms with van der Waals surface area (Å²) in [6.07, 6.45) is 0.761. The summed E-state index contributed by atoms with van der Waals surface area (Å²) in [6, 6.07) is 9.52. The topological polar surface area (TPSA) is 64.4 Å². The van der Waals surface area contributed by atoms with Gasteiger partial charge in [-0.05, 0) is 18.1 Å². The molecule has 5 heteroatoms. The van der Waals surface area contributed by atoms with Crippen LogP contribution < -0.4 is 10.1 Å². The third-order valence-electron chi connectivity index (χ3n) is 3.54. The van der Waals surface area contributed by atoms with E-state index in [9.17, 15) is 4.79 Å². The average Bonchev–Trinajstić information content (AvgIpc) is 2.97. The summed E-state index contributed by atoms with van der Waals surface area (Å²) in [6.45, 7) is 4.46. The number of ether oxygens (including phenoxy) is 1. The van der Waals surface area contributed by atoms with Crippen molar-refractivity contribution in [1.29, 1.82) is 0 Å². The van der Waals surface area contributed by atoms with Gasteiger partial charge in [-0.2, -0.15) is 0 Å². The van der Waals surface area contributed by atoms with Gasteiger partial charge in [0.05, 0.1) is 6.04 Å². The van der Waals surface area contributed by atoms with Gasteiger partial charge in [0.1, 0.15) is 18.1 Å². The summed E-state index contributed by atoms with van der Waals surface area (Å²) in [5, 5.41) is 6.76. The molecule has 1 amide bonds. The molecule has 2 heterocycles. The molecule has 0 fully saturated rings. The van der Waals surface area contributed by atoms with Crippen molar-refractivity contribution >= 4 is 5.91 Å². The monoisotopic (exact) mass is 286 g/mol. The van der Waals surface area contributed by atoms with Crippen LogP contribution in [0.25, 0.3) is 0 Å². The molecule has 0 unspecified atom stereocenters. The number of aromatic nitrogens is 1. The van der Waals surface area contributed by atoms with Crippen molar-refractivity contribution in [3.05, 3.63) is 47.3 Å². The highest BCUT2D eigenvalue weighted by Gasteiger charge is 2.23. The van der Waals surface area contributed by atoms with Crippen molar-refractivity contribution in [3.63, 3.8) is 0 Å². The molecule has 0 spiro atoms. The molecular weight excluding hydrogens is 268 g/mol. The number of fused-ring (bicyclic) bond motifs is 1. The standard InChI is InChI=1S/C16H18N2O3/c1-10(2)15-8-13(18-21-15)16(19)17-12-7-11-5-3-4-6-14(11)20-9-12/h3-6,8,10,12H,7,9H2,1-2H3,(H,17,19)/t12-/m1/s1. The number of benzene rings is 1. The molecule has 1 aromatic carbocycles. The molecule has 1 N–H and O–H groups in total. The van der Waals surface area contributed by atoms with Gasteiger partial charge in [0.15, 0.2) is 5.69 Å². The van der Waals surface area contributed by atoms with E-state index in [1.807, 2.05) is 38.1 Å².